The molecule has 0 bridgehead atoms. The fourth-order valence-corrected chi connectivity index (χ4v) is 5.56. The SMILES string of the molecule is CCCCOc1ccc(/C(O)=C2\C(=O)C(=O)N(CCCN3CCOCC3)[C@H]2c2cccc(Oc3ccccc3)c2)cc1C. The third-order valence-electron chi connectivity index (χ3n) is 7.87. The molecule has 2 aliphatic rings. The smallest absolute Gasteiger partial charge is 0.295 e. The van der Waals surface area contributed by atoms with Crippen molar-refractivity contribution in [1.29, 1.82) is 0 Å². The molecule has 1 amide bonds. The lowest BCUT2D eigenvalue weighted by Crippen LogP contribution is -2.38. The third kappa shape index (κ3) is 7.27. The lowest BCUT2D eigenvalue weighted by molar-refractivity contribution is -0.140. The number of carbonyl (C=O) groups excluding carboxylic acids is 2. The molecule has 2 aliphatic heterocycles. The van der Waals surface area contributed by atoms with Crippen LogP contribution in [0.3, 0.4) is 0 Å². The average Bonchev–Trinajstić information content (AvgIpc) is 3.28. The van der Waals surface area contributed by atoms with Crippen molar-refractivity contribution in [3.63, 3.8) is 0 Å². The molecule has 0 aliphatic carbocycles. The number of aliphatic hydroxyl groups is 1. The minimum Gasteiger partial charge on any atom is -0.507 e. The molecule has 226 valence electrons. The van der Waals surface area contributed by atoms with E-state index >= 15 is 0 Å². The van der Waals surface area contributed by atoms with Crippen LogP contribution in [0.1, 0.15) is 48.9 Å². The number of unbranched alkanes of at least 4 members (excludes halogenated alkanes) is 1. The van der Waals surface area contributed by atoms with Crippen molar-refractivity contribution in [2.75, 3.05) is 46.0 Å². The predicted octanol–water partition coefficient (Wildman–Crippen LogP) is 6.11. The first kappa shape index (κ1) is 30.3. The molecule has 2 fully saturated rings. The van der Waals surface area contributed by atoms with Gasteiger partial charge in [0.2, 0.25) is 0 Å². The summed E-state index contributed by atoms with van der Waals surface area (Å²) in [4.78, 5) is 31.0. The molecule has 3 aromatic carbocycles. The van der Waals surface area contributed by atoms with Gasteiger partial charge in [-0.15, -0.1) is 0 Å². The van der Waals surface area contributed by atoms with Crippen molar-refractivity contribution in [3.8, 4) is 17.2 Å². The molecule has 2 heterocycles. The Morgan fingerprint density at radius 2 is 1.70 bits per heavy atom. The van der Waals surface area contributed by atoms with Gasteiger partial charge in [0.05, 0.1) is 31.4 Å². The number of likely N-dealkylation sites (tertiary alicyclic amines) is 1. The third-order valence-corrected chi connectivity index (χ3v) is 7.87. The Bertz CT molecular complexity index is 1450. The van der Waals surface area contributed by atoms with Crippen molar-refractivity contribution in [2.45, 2.75) is 39.2 Å². The zero-order valence-corrected chi connectivity index (χ0v) is 25.0. The quantitative estimate of drug-likeness (QED) is 0.119. The first-order chi connectivity index (χ1) is 21.0. The van der Waals surface area contributed by atoms with Gasteiger partial charge in [-0.2, -0.15) is 0 Å². The molecular formula is C35H40N2O6. The molecule has 0 aromatic heterocycles. The fourth-order valence-electron chi connectivity index (χ4n) is 5.56. The summed E-state index contributed by atoms with van der Waals surface area (Å²) < 4.78 is 17.4. The topological polar surface area (TPSA) is 88.5 Å². The maximum atomic E-state index is 13.6. The second-order valence-corrected chi connectivity index (χ2v) is 11.0. The van der Waals surface area contributed by atoms with E-state index in [1.165, 1.54) is 0 Å². The standard InChI is InChI=1S/C35H40N2O6/c1-3-4-20-42-30-15-14-27(23-25(30)2)33(38)31-32(26-10-8-13-29(24-26)43-28-11-6-5-7-12-28)37(35(40)34(31)39)17-9-16-36-18-21-41-22-19-36/h5-8,10-15,23-24,32,38H,3-4,9,16-22H2,1-2H3/b33-31+/t32-/m0/s1. The maximum Gasteiger partial charge on any atom is 0.295 e. The van der Waals surface area contributed by atoms with E-state index in [2.05, 4.69) is 11.8 Å². The van der Waals surface area contributed by atoms with Gasteiger partial charge in [-0.3, -0.25) is 14.5 Å². The summed E-state index contributed by atoms with van der Waals surface area (Å²) >= 11 is 0. The molecule has 0 unspecified atom stereocenters. The molecule has 8 nitrogen and oxygen atoms in total. The van der Waals surface area contributed by atoms with Crippen molar-refractivity contribution >= 4 is 17.4 Å². The fraction of sp³-hybridized carbons (Fsp3) is 0.371. The highest BCUT2D eigenvalue weighted by Gasteiger charge is 2.46. The summed E-state index contributed by atoms with van der Waals surface area (Å²) in [5.41, 5.74) is 2.08. The summed E-state index contributed by atoms with van der Waals surface area (Å²) in [5, 5.41) is 11.6. The van der Waals surface area contributed by atoms with Crippen molar-refractivity contribution < 1.29 is 28.9 Å². The minimum atomic E-state index is -0.759. The predicted molar refractivity (Wildman–Crippen MR) is 165 cm³/mol. The van der Waals surface area contributed by atoms with Crippen molar-refractivity contribution in [1.82, 2.24) is 9.80 Å². The maximum absolute atomic E-state index is 13.6. The van der Waals surface area contributed by atoms with E-state index in [0.29, 0.717) is 55.4 Å². The number of hydrogen-bond acceptors (Lipinski definition) is 7. The van der Waals surface area contributed by atoms with Crippen LogP contribution in [-0.4, -0.2) is 72.6 Å². The Balaban J connectivity index is 1.48. The molecule has 0 spiro atoms. The molecule has 8 heteroatoms. The molecule has 0 saturated carbocycles. The Kier molecular flexibility index (Phi) is 10.1. The molecule has 5 rings (SSSR count). The van der Waals surface area contributed by atoms with E-state index in [4.69, 9.17) is 14.2 Å². The zero-order chi connectivity index (χ0) is 30.2. The van der Waals surface area contributed by atoms with E-state index in [1.54, 1.807) is 17.0 Å². The number of benzene rings is 3. The number of carbonyl (C=O) groups is 2. The van der Waals surface area contributed by atoms with Crippen LogP contribution in [0.4, 0.5) is 0 Å². The van der Waals surface area contributed by atoms with E-state index in [-0.39, 0.29) is 11.3 Å². The second kappa shape index (κ2) is 14.4. The van der Waals surface area contributed by atoms with Crippen LogP contribution in [0, 0.1) is 6.92 Å². The first-order valence-electron chi connectivity index (χ1n) is 15.1. The number of aryl methyl sites for hydroxylation is 1. The molecule has 1 N–H and O–H groups in total. The van der Waals surface area contributed by atoms with Gasteiger partial charge in [-0.05, 0) is 73.4 Å². The largest absolute Gasteiger partial charge is 0.507 e. The molecule has 0 radical (unpaired) electrons. The average molecular weight is 585 g/mol. The van der Waals surface area contributed by atoms with Gasteiger partial charge in [0, 0.05) is 31.7 Å². The summed E-state index contributed by atoms with van der Waals surface area (Å²) in [6.45, 7) is 8.86. The van der Waals surface area contributed by atoms with E-state index in [9.17, 15) is 14.7 Å². The monoisotopic (exact) mass is 584 g/mol. The van der Waals surface area contributed by atoms with Gasteiger partial charge >= 0.3 is 0 Å². The first-order valence-corrected chi connectivity index (χ1v) is 15.1. The van der Waals surface area contributed by atoms with Crippen LogP contribution in [-0.2, 0) is 14.3 Å². The molecule has 2 saturated heterocycles. The minimum absolute atomic E-state index is 0.0762. The van der Waals surface area contributed by atoms with Crippen LogP contribution in [0.5, 0.6) is 17.2 Å². The Labute approximate surface area is 253 Å². The number of Topliss-reactive ketones (excluding diaryl/α,β-unsaturated/α-hetero) is 1. The van der Waals surface area contributed by atoms with Crippen LogP contribution < -0.4 is 9.47 Å². The lowest BCUT2D eigenvalue weighted by atomic mass is 9.94. The van der Waals surface area contributed by atoms with Crippen LogP contribution in [0.2, 0.25) is 0 Å². The number of nitrogens with zero attached hydrogens (tertiary/aromatic N) is 2. The van der Waals surface area contributed by atoms with E-state index < -0.39 is 17.7 Å². The van der Waals surface area contributed by atoms with Crippen LogP contribution >= 0.6 is 0 Å². The highest BCUT2D eigenvalue weighted by molar-refractivity contribution is 6.46. The van der Waals surface area contributed by atoms with E-state index in [1.807, 2.05) is 67.6 Å². The normalized spacial score (nSPS) is 18.7. The Morgan fingerprint density at radius 1 is 0.930 bits per heavy atom. The Hall–Kier alpha value is -4.14. The number of ketones is 1. The number of morpholine rings is 1. The number of aliphatic hydroxyl groups excluding tert-OH is 1. The molecule has 43 heavy (non-hydrogen) atoms. The van der Waals surface area contributed by atoms with Gasteiger partial charge < -0.3 is 24.2 Å². The zero-order valence-electron chi connectivity index (χ0n) is 25.0. The van der Waals surface area contributed by atoms with Gasteiger partial charge in [0.25, 0.3) is 11.7 Å². The molecular weight excluding hydrogens is 544 g/mol. The number of amides is 1. The lowest BCUT2D eigenvalue weighted by Gasteiger charge is -2.29. The number of rotatable bonds is 12. The van der Waals surface area contributed by atoms with Crippen LogP contribution in [0.15, 0.2) is 78.4 Å². The second-order valence-electron chi connectivity index (χ2n) is 11.0. The van der Waals surface area contributed by atoms with Crippen molar-refractivity contribution in [3.05, 3.63) is 95.1 Å². The Morgan fingerprint density at radius 3 is 2.44 bits per heavy atom. The summed E-state index contributed by atoms with van der Waals surface area (Å²) in [7, 11) is 0. The summed E-state index contributed by atoms with van der Waals surface area (Å²) in [6, 6.07) is 21.4. The van der Waals surface area contributed by atoms with Gasteiger partial charge in [0.1, 0.15) is 23.0 Å². The molecule has 1 atom stereocenters. The van der Waals surface area contributed by atoms with Gasteiger partial charge in [0.15, 0.2) is 0 Å². The van der Waals surface area contributed by atoms with Crippen LogP contribution in [0.25, 0.3) is 5.76 Å². The number of ether oxygens (including phenoxy) is 3. The van der Waals surface area contributed by atoms with Crippen molar-refractivity contribution in [2.24, 2.45) is 0 Å². The van der Waals surface area contributed by atoms with Gasteiger partial charge in [-0.25, -0.2) is 0 Å². The highest BCUT2D eigenvalue weighted by atomic mass is 16.5. The van der Waals surface area contributed by atoms with E-state index in [0.717, 1.165) is 43.8 Å². The number of para-hydroxylation sites is 1. The summed E-state index contributed by atoms with van der Waals surface area (Å²) in [6.07, 6.45) is 2.66. The summed E-state index contributed by atoms with van der Waals surface area (Å²) in [5.74, 6) is 0.485. The highest BCUT2D eigenvalue weighted by Crippen LogP contribution is 2.41. The van der Waals surface area contributed by atoms with Gasteiger partial charge in [-0.1, -0.05) is 43.7 Å². The molecule has 3 aromatic rings. The number of hydrogen-bond donors (Lipinski definition) is 1.